The highest BCUT2D eigenvalue weighted by Gasteiger charge is 2.34. The van der Waals surface area contributed by atoms with Crippen molar-refractivity contribution in [2.24, 2.45) is 0 Å². The molecule has 1 fully saturated rings. The number of carbonyl (C=O) groups is 1. The molecule has 0 aliphatic carbocycles. The van der Waals surface area contributed by atoms with Gasteiger partial charge in [-0.05, 0) is 62.3 Å². The molecule has 5 rings (SSSR count). The minimum atomic E-state index is -0.932. The number of piperidine rings is 1. The fourth-order valence-corrected chi connectivity index (χ4v) is 5.01. The van der Waals surface area contributed by atoms with Crippen LogP contribution in [0.25, 0.3) is 21.7 Å². The third-order valence-corrected chi connectivity index (χ3v) is 6.84. The van der Waals surface area contributed by atoms with Crippen LogP contribution < -0.4 is 5.56 Å². The number of carbonyl (C=O) groups excluding carboxylic acids is 1. The molecule has 2 atom stereocenters. The first-order chi connectivity index (χ1) is 17.6. The van der Waals surface area contributed by atoms with E-state index in [9.17, 15) is 14.7 Å². The van der Waals surface area contributed by atoms with Gasteiger partial charge in [0, 0.05) is 18.1 Å². The Balaban J connectivity index is 1.51. The van der Waals surface area contributed by atoms with Gasteiger partial charge in [0.1, 0.15) is 10.8 Å². The van der Waals surface area contributed by atoms with Gasteiger partial charge in [0.2, 0.25) is 0 Å². The van der Waals surface area contributed by atoms with Crippen molar-refractivity contribution in [1.82, 2.24) is 19.4 Å². The number of amides is 1. The predicted molar refractivity (Wildman–Crippen MR) is 143 cm³/mol. The normalized spacial score (nSPS) is 18.4. The lowest BCUT2D eigenvalue weighted by Gasteiger charge is -2.37. The summed E-state index contributed by atoms with van der Waals surface area (Å²) in [5.74, 6) is 0. The van der Waals surface area contributed by atoms with E-state index in [4.69, 9.17) is 16.3 Å². The lowest BCUT2D eigenvalue weighted by Crippen LogP contribution is -2.50. The molecule has 1 saturated heterocycles. The molecule has 1 aliphatic heterocycles. The molecule has 8 nitrogen and oxygen atoms in total. The second-order valence-electron chi connectivity index (χ2n) is 10.5. The van der Waals surface area contributed by atoms with Crippen molar-refractivity contribution in [3.63, 3.8) is 0 Å². The number of aliphatic hydroxyl groups excluding tert-OH is 1. The van der Waals surface area contributed by atoms with Crippen LogP contribution in [0.4, 0.5) is 4.79 Å². The maximum atomic E-state index is 13.7. The summed E-state index contributed by atoms with van der Waals surface area (Å²) in [6.07, 6.45) is 2.82. The third-order valence-electron chi connectivity index (χ3n) is 6.62. The Hall–Kier alpha value is -3.49. The summed E-state index contributed by atoms with van der Waals surface area (Å²) in [7, 11) is 0. The number of β-amino-alcohol motifs (C(OH)–C–C–N with tert-alkyl or cyclic N) is 1. The maximum absolute atomic E-state index is 13.7. The average molecular weight is 521 g/mol. The minimum absolute atomic E-state index is 0.0800. The van der Waals surface area contributed by atoms with Crippen molar-refractivity contribution < 1.29 is 14.6 Å². The van der Waals surface area contributed by atoms with Gasteiger partial charge in [-0.1, -0.05) is 41.9 Å². The van der Waals surface area contributed by atoms with E-state index in [2.05, 4.69) is 9.97 Å². The molecule has 0 unspecified atom stereocenters. The van der Waals surface area contributed by atoms with Crippen molar-refractivity contribution >= 4 is 39.4 Å². The minimum Gasteiger partial charge on any atom is -0.444 e. The van der Waals surface area contributed by atoms with Crippen molar-refractivity contribution in [2.75, 3.05) is 13.1 Å². The van der Waals surface area contributed by atoms with Crippen LogP contribution in [0.3, 0.4) is 0 Å². The number of nitrogens with zero attached hydrogens (tertiary/aromatic N) is 4. The summed E-state index contributed by atoms with van der Waals surface area (Å²) < 4.78 is 6.94. The van der Waals surface area contributed by atoms with Crippen molar-refractivity contribution in [1.29, 1.82) is 0 Å². The zero-order valence-corrected chi connectivity index (χ0v) is 21.8. The Labute approximate surface area is 219 Å². The van der Waals surface area contributed by atoms with Gasteiger partial charge in [0.05, 0.1) is 35.9 Å². The Morgan fingerprint density at radius 2 is 1.89 bits per heavy atom. The lowest BCUT2D eigenvalue weighted by atomic mass is 9.96. The topological polar surface area (TPSA) is 97.5 Å². The number of likely N-dealkylation sites (tertiary alicyclic amines) is 1. The smallest absolute Gasteiger partial charge is 0.410 e. The van der Waals surface area contributed by atoms with Gasteiger partial charge in [-0.3, -0.25) is 9.36 Å². The summed E-state index contributed by atoms with van der Waals surface area (Å²) in [5, 5.41) is 13.7. The number of ether oxygens (including phenoxy) is 1. The van der Waals surface area contributed by atoms with E-state index in [1.54, 1.807) is 33.0 Å². The Morgan fingerprint density at radius 1 is 1.14 bits per heavy atom. The molecule has 1 amide bonds. The van der Waals surface area contributed by atoms with Gasteiger partial charge in [0.15, 0.2) is 0 Å². The molecular weight excluding hydrogens is 492 g/mol. The second kappa shape index (κ2) is 9.76. The molecule has 9 heteroatoms. The van der Waals surface area contributed by atoms with Crippen LogP contribution in [0, 0.1) is 0 Å². The highest BCUT2D eigenvalue weighted by atomic mass is 35.5. The summed E-state index contributed by atoms with van der Waals surface area (Å²) in [4.78, 5) is 36.5. The van der Waals surface area contributed by atoms with E-state index in [1.807, 2.05) is 36.4 Å². The van der Waals surface area contributed by atoms with Crippen molar-refractivity contribution in [3.8, 4) is 0 Å². The van der Waals surface area contributed by atoms with E-state index < -0.39 is 23.8 Å². The number of fused-ring (bicyclic) bond motifs is 3. The van der Waals surface area contributed by atoms with Gasteiger partial charge < -0.3 is 14.7 Å². The number of pyridine rings is 1. The number of rotatable bonds is 3. The summed E-state index contributed by atoms with van der Waals surface area (Å²) in [6.45, 7) is 5.85. The van der Waals surface area contributed by atoms with E-state index in [1.165, 1.54) is 15.8 Å². The highest BCUT2D eigenvalue weighted by molar-refractivity contribution is 6.29. The first kappa shape index (κ1) is 25.2. The van der Waals surface area contributed by atoms with Gasteiger partial charge in [-0.15, -0.1) is 0 Å². The number of benzene rings is 2. The second-order valence-corrected chi connectivity index (χ2v) is 10.8. The van der Waals surface area contributed by atoms with Gasteiger partial charge in [0.25, 0.3) is 5.56 Å². The molecule has 1 aliphatic rings. The van der Waals surface area contributed by atoms with Crippen LogP contribution in [0.5, 0.6) is 0 Å². The molecule has 2 aromatic heterocycles. The SMILES string of the molecule is CC(C)(C)OC(=O)N1CC[C@H](n2cnc3c(cc(Cc4ccc(Cl)nc4)c4ccccc43)c2=O)[C@@H](O)C1. The van der Waals surface area contributed by atoms with E-state index in [-0.39, 0.29) is 12.1 Å². The molecule has 0 radical (unpaired) electrons. The summed E-state index contributed by atoms with van der Waals surface area (Å²) >= 11 is 5.95. The molecular formula is C28H29ClN4O4. The number of hydrogen-bond donors (Lipinski definition) is 1. The van der Waals surface area contributed by atoms with E-state index >= 15 is 0 Å². The lowest BCUT2D eigenvalue weighted by molar-refractivity contribution is -0.0105. The molecule has 37 heavy (non-hydrogen) atoms. The monoisotopic (exact) mass is 520 g/mol. The zero-order chi connectivity index (χ0) is 26.3. The Kier molecular flexibility index (Phi) is 6.64. The van der Waals surface area contributed by atoms with Crippen LogP contribution in [0.15, 0.2) is 59.8 Å². The van der Waals surface area contributed by atoms with Crippen LogP contribution >= 0.6 is 11.6 Å². The molecule has 0 bridgehead atoms. The number of halogens is 1. The van der Waals surface area contributed by atoms with Crippen LogP contribution in [-0.4, -0.2) is 55.4 Å². The largest absolute Gasteiger partial charge is 0.444 e. The quantitative estimate of drug-likeness (QED) is 0.310. The van der Waals surface area contributed by atoms with Crippen LogP contribution in [-0.2, 0) is 11.2 Å². The molecule has 1 N–H and O–H groups in total. The number of aliphatic hydroxyl groups is 1. The molecule has 192 valence electrons. The van der Waals surface area contributed by atoms with E-state index in [0.29, 0.717) is 35.4 Å². The first-order valence-corrected chi connectivity index (χ1v) is 12.7. The van der Waals surface area contributed by atoms with E-state index in [0.717, 1.165) is 21.9 Å². The summed E-state index contributed by atoms with van der Waals surface area (Å²) in [5.41, 5.74) is 1.73. The van der Waals surface area contributed by atoms with Gasteiger partial charge in [-0.2, -0.15) is 0 Å². The maximum Gasteiger partial charge on any atom is 0.410 e. The van der Waals surface area contributed by atoms with Crippen molar-refractivity contribution in [3.05, 3.63) is 81.6 Å². The fourth-order valence-electron chi connectivity index (χ4n) is 4.90. The molecule has 2 aromatic carbocycles. The number of aromatic nitrogens is 3. The summed E-state index contributed by atoms with van der Waals surface area (Å²) in [6, 6.07) is 12.9. The first-order valence-electron chi connectivity index (χ1n) is 12.3. The standard InChI is InChI=1S/C28H29ClN4O4/c1-28(2,3)37-27(36)32-11-10-22(23(34)15-32)33-16-31-25-20-7-5-4-6-19(20)18(13-21(25)26(33)35)12-17-8-9-24(29)30-14-17/h4-9,13-14,16,22-23,34H,10-12,15H2,1-3H3/t22-,23-/m0/s1. The molecule has 0 spiro atoms. The van der Waals surface area contributed by atoms with Crippen molar-refractivity contribution in [2.45, 2.75) is 51.4 Å². The van der Waals surface area contributed by atoms with Crippen LogP contribution in [0.2, 0.25) is 5.15 Å². The predicted octanol–water partition coefficient (Wildman–Crippen LogP) is 4.73. The number of hydrogen-bond acceptors (Lipinski definition) is 6. The van der Waals surface area contributed by atoms with Gasteiger partial charge in [-0.25, -0.2) is 14.8 Å². The Bertz CT molecular complexity index is 1530. The average Bonchev–Trinajstić information content (AvgIpc) is 2.85. The third kappa shape index (κ3) is 5.17. The van der Waals surface area contributed by atoms with Crippen LogP contribution in [0.1, 0.15) is 44.4 Å². The highest BCUT2D eigenvalue weighted by Crippen LogP contribution is 2.29. The molecule has 0 saturated carbocycles. The molecule has 4 aromatic rings. The fraction of sp³-hybridized carbons (Fsp3) is 0.357. The zero-order valence-electron chi connectivity index (χ0n) is 21.0. The Morgan fingerprint density at radius 3 is 2.57 bits per heavy atom. The van der Waals surface area contributed by atoms with Gasteiger partial charge >= 0.3 is 6.09 Å². The molecule has 3 heterocycles.